The van der Waals surface area contributed by atoms with Crippen LogP contribution in [0.15, 0.2) is 36.5 Å². The van der Waals surface area contributed by atoms with E-state index in [9.17, 15) is 31.5 Å². The average Bonchev–Trinajstić information content (AvgIpc) is 3.39. The van der Waals surface area contributed by atoms with Gasteiger partial charge in [0.05, 0.1) is 13.7 Å². The highest BCUT2D eigenvalue weighted by Gasteiger charge is 2.49. The molecule has 1 aliphatic heterocycles. The first-order chi connectivity index (χ1) is 16.5. The van der Waals surface area contributed by atoms with E-state index in [1.807, 2.05) is 0 Å². The van der Waals surface area contributed by atoms with Crippen molar-refractivity contribution in [3.63, 3.8) is 0 Å². The largest absolute Gasteiger partial charge is 0.534 e. The topological polar surface area (TPSA) is 136 Å². The highest BCUT2D eigenvalue weighted by atomic mass is 32.2. The lowest BCUT2D eigenvalue weighted by atomic mass is 10.2. The molecule has 0 radical (unpaired) electrons. The van der Waals surface area contributed by atoms with Crippen molar-refractivity contribution in [2.24, 2.45) is 0 Å². The van der Waals surface area contributed by atoms with Crippen LogP contribution in [0.4, 0.5) is 23.8 Å². The Labute approximate surface area is 197 Å². The van der Waals surface area contributed by atoms with Crippen LogP contribution in [0.25, 0.3) is 11.0 Å². The van der Waals surface area contributed by atoms with E-state index in [4.69, 9.17) is 4.74 Å². The van der Waals surface area contributed by atoms with Gasteiger partial charge in [0.2, 0.25) is 0 Å². The Hall–Kier alpha value is -3.75. The Bertz CT molecular complexity index is 1340. The number of rotatable bonds is 7. The highest BCUT2D eigenvalue weighted by molar-refractivity contribution is 7.88. The maximum atomic E-state index is 13.0. The number of nitrogens with zero attached hydrogens (tertiary/aromatic N) is 4. The molecule has 2 aromatic heterocycles. The normalized spacial score (nSPS) is 16.5. The lowest BCUT2D eigenvalue weighted by Crippen LogP contribution is -2.30. The molecule has 1 fully saturated rings. The van der Waals surface area contributed by atoms with Crippen molar-refractivity contribution >= 4 is 33.1 Å². The third-order valence-electron chi connectivity index (χ3n) is 5.37. The van der Waals surface area contributed by atoms with Gasteiger partial charge in [0.1, 0.15) is 11.1 Å². The Morgan fingerprint density at radius 2 is 1.97 bits per heavy atom. The molecule has 3 aromatic rings. The van der Waals surface area contributed by atoms with E-state index in [0.717, 1.165) is 17.8 Å². The number of halogens is 3. The number of nitrogens with one attached hydrogen (secondary N) is 1. The molecule has 1 amide bonds. The van der Waals surface area contributed by atoms with Gasteiger partial charge in [-0.15, -0.1) is 0 Å². The maximum absolute atomic E-state index is 13.0. The van der Waals surface area contributed by atoms with Crippen LogP contribution in [0.5, 0.6) is 11.5 Å². The van der Waals surface area contributed by atoms with Crippen LogP contribution in [0.2, 0.25) is 0 Å². The number of methoxy groups -OCH3 is 1. The minimum absolute atomic E-state index is 0.0197. The zero-order chi connectivity index (χ0) is 25.4. The standard InChI is InChI=1S/C20H20F3N5O6S/c1-33-14-4-2-12(3-5-14)10-28-18-16(15(6-8-24-18)34-35(31,32)20(21,22)23)17(26-28)25-13-7-9-27(11-13)19(29)30/h2-6,8,13H,7,9-11H2,1H3,(H,25,26)(H,29,30). The number of likely N-dealkylation sites (tertiary alicyclic amines) is 1. The first-order valence-electron chi connectivity index (χ1n) is 10.2. The summed E-state index contributed by atoms with van der Waals surface area (Å²) >= 11 is 0. The summed E-state index contributed by atoms with van der Waals surface area (Å²) in [7, 11) is -4.44. The van der Waals surface area contributed by atoms with Gasteiger partial charge in [-0.2, -0.15) is 26.7 Å². The van der Waals surface area contributed by atoms with Gasteiger partial charge in [0, 0.05) is 31.4 Å². The van der Waals surface area contributed by atoms with Crippen LogP contribution in [0.3, 0.4) is 0 Å². The molecule has 4 rings (SSSR count). The fraction of sp³-hybridized carbons (Fsp3) is 0.350. The molecule has 1 atom stereocenters. The monoisotopic (exact) mass is 515 g/mol. The molecule has 2 N–H and O–H groups in total. The molecule has 1 unspecified atom stereocenters. The van der Waals surface area contributed by atoms with E-state index >= 15 is 0 Å². The molecule has 0 aliphatic carbocycles. The fourth-order valence-electron chi connectivity index (χ4n) is 3.67. The van der Waals surface area contributed by atoms with Crippen molar-refractivity contribution in [1.82, 2.24) is 19.7 Å². The number of fused-ring (bicyclic) bond motifs is 1. The summed E-state index contributed by atoms with van der Waals surface area (Å²) in [6.45, 7) is 0.511. The molecule has 188 valence electrons. The van der Waals surface area contributed by atoms with E-state index in [1.54, 1.807) is 24.3 Å². The number of anilines is 1. The SMILES string of the molecule is COc1ccc(Cn2nc(NC3CCN(C(=O)O)C3)c3c(OS(=O)(=O)C(F)(F)F)ccnc32)cc1. The van der Waals surface area contributed by atoms with Gasteiger partial charge in [-0.3, -0.25) is 0 Å². The van der Waals surface area contributed by atoms with Crippen LogP contribution in [-0.2, 0) is 16.7 Å². The number of amides is 1. The molecule has 11 nitrogen and oxygen atoms in total. The number of carbonyl (C=O) groups is 1. The minimum Gasteiger partial charge on any atom is -0.497 e. The van der Waals surface area contributed by atoms with Gasteiger partial charge in [0.25, 0.3) is 0 Å². The molecule has 1 aromatic carbocycles. The number of pyridine rings is 1. The zero-order valence-electron chi connectivity index (χ0n) is 18.2. The molecule has 15 heteroatoms. The van der Waals surface area contributed by atoms with E-state index in [-0.39, 0.29) is 36.5 Å². The first-order valence-corrected chi connectivity index (χ1v) is 11.6. The smallest absolute Gasteiger partial charge is 0.497 e. The van der Waals surface area contributed by atoms with E-state index in [2.05, 4.69) is 19.6 Å². The second-order valence-electron chi connectivity index (χ2n) is 7.70. The Balaban J connectivity index is 1.75. The Morgan fingerprint density at radius 3 is 2.57 bits per heavy atom. The van der Waals surface area contributed by atoms with Crippen molar-refractivity contribution in [3.05, 3.63) is 42.1 Å². The van der Waals surface area contributed by atoms with Gasteiger partial charge in [-0.25, -0.2) is 14.5 Å². The molecule has 1 aliphatic rings. The minimum atomic E-state index is -5.96. The van der Waals surface area contributed by atoms with Crippen LogP contribution in [0, 0.1) is 0 Å². The number of ether oxygens (including phenoxy) is 1. The van der Waals surface area contributed by atoms with Crippen molar-refractivity contribution in [3.8, 4) is 11.5 Å². The summed E-state index contributed by atoms with van der Waals surface area (Å²) in [5.41, 5.74) is -4.80. The highest BCUT2D eigenvalue weighted by Crippen LogP contribution is 2.36. The van der Waals surface area contributed by atoms with Gasteiger partial charge >= 0.3 is 21.7 Å². The molecular weight excluding hydrogens is 495 g/mol. The van der Waals surface area contributed by atoms with Crippen molar-refractivity contribution in [1.29, 1.82) is 0 Å². The number of benzene rings is 1. The number of hydrogen-bond donors (Lipinski definition) is 2. The number of hydrogen-bond acceptors (Lipinski definition) is 8. The molecular formula is C20H20F3N5O6S. The average molecular weight is 515 g/mol. The summed E-state index contributed by atoms with van der Waals surface area (Å²) < 4.78 is 73.3. The summed E-state index contributed by atoms with van der Waals surface area (Å²) in [5, 5.41) is 16.5. The van der Waals surface area contributed by atoms with E-state index in [1.165, 1.54) is 16.7 Å². The quantitative estimate of drug-likeness (QED) is 0.360. The Morgan fingerprint density at radius 1 is 1.26 bits per heavy atom. The summed E-state index contributed by atoms with van der Waals surface area (Å²) in [6.07, 6.45) is 0.420. The second kappa shape index (κ2) is 9.13. The van der Waals surface area contributed by atoms with E-state index in [0.29, 0.717) is 12.2 Å². The second-order valence-corrected chi connectivity index (χ2v) is 9.24. The summed E-state index contributed by atoms with van der Waals surface area (Å²) in [4.78, 5) is 16.6. The van der Waals surface area contributed by atoms with E-state index < -0.39 is 33.5 Å². The van der Waals surface area contributed by atoms with Crippen LogP contribution < -0.4 is 14.2 Å². The van der Waals surface area contributed by atoms with Crippen LogP contribution in [-0.4, -0.2) is 71.0 Å². The predicted octanol–water partition coefficient (Wildman–Crippen LogP) is 2.88. The zero-order valence-corrected chi connectivity index (χ0v) is 19.0. The summed E-state index contributed by atoms with van der Waals surface area (Å²) in [6, 6.07) is 7.54. The van der Waals surface area contributed by atoms with Crippen molar-refractivity contribution in [2.45, 2.75) is 24.5 Å². The molecule has 0 bridgehead atoms. The molecule has 3 heterocycles. The lowest BCUT2D eigenvalue weighted by Gasteiger charge is -2.14. The third-order valence-corrected chi connectivity index (χ3v) is 6.33. The molecule has 35 heavy (non-hydrogen) atoms. The third kappa shape index (κ3) is 5.03. The number of alkyl halides is 3. The van der Waals surface area contributed by atoms with Crippen LogP contribution in [0.1, 0.15) is 12.0 Å². The van der Waals surface area contributed by atoms with Gasteiger partial charge < -0.3 is 24.2 Å². The van der Waals surface area contributed by atoms with Gasteiger partial charge in [0.15, 0.2) is 17.2 Å². The maximum Gasteiger partial charge on any atom is 0.534 e. The number of aromatic nitrogens is 3. The fourth-order valence-corrected chi connectivity index (χ4v) is 4.13. The Kier molecular flexibility index (Phi) is 6.36. The molecule has 0 saturated carbocycles. The van der Waals surface area contributed by atoms with Crippen LogP contribution >= 0.6 is 0 Å². The number of carboxylic acid groups (broad SMARTS) is 1. The molecule has 1 saturated heterocycles. The van der Waals surface area contributed by atoms with Gasteiger partial charge in [-0.1, -0.05) is 12.1 Å². The van der Waals surface area contributed by atoms with Crippen molar-refractivity contribution < 1.29 is 40.4 Å². The van der Waals surface area contributed by atoms with Gasteiger partial charge in [-0.05, 0) is 24.1 Å². The predicted molar refractivity (Wildman–Crippen MR) is 117 cm³/mol. The van der Waals surface area contributed by atoms with Crippen molar-refractivity contribution in [2.75, 3.05) is 25.5 Å². The first kappa shape index (κ1) is 24.4. The summed E-state index contributed by atoms with van der Waals surface area (Å²) in [5.74, 6) is 0.0342. The molecule has 0 spiro atoms. The lowest BCUT2D eigenvalue weighted by molar-refractivity contribution is -0.0499.